The van der Waals surface area contributed by atoms with Crippen LogP contribution in [0.1, 0.15) is 21.7 Å². The number of benzene rings is 1. The van der Waals surface area contributed by atoms with Crippen molar-refractivity contribution in [2.24, 2.45) is 0 Å². The number of aryl methyl sites for hydroxylation is 1. The van der Waals surface area contributed by atoms with E-state index in [1.165, 1.54) is 22.3 Å². The van der Waals surface area contributed by atoms with Crippen molar-refractivity contribution < 1.29 is 17.6 Å². The van der Waals surface area contributed by atoms with Crippen molar-refractivity contribution in [3.63, 3.8) is 0 Å². The molecule has 0 saturated carbocycles. The summed E-state index contributed by atoms with van der Waals surface area (Å²) in [6, 6.07) is 4.48. The minimum absolute atomic E-state index is 0.00748. The normalized spacial score (nSPS) is 20.4. The zero-order valence-electron chi connectivity index (χ0n) is 12.3. The van der Waals surface area contributed by atoms with Gasteiger partial charge in [0.15, 0.2) is 9.84 Å². The first-order chi connectivity index (χ1) is 10.3. The number of carbonyl (C=O) groups is 1. The molecule has 1 saturated heterocycles. The Labute approximate surface area is 132 Å². The van der Waals surface area contributed by atoms with Crippen molar-refractivity contribution in [2.75, 3.05) is 18.6 Å². The van der Waals surface area contributed by atoms with Crippen LogP contribution < -0.4 is 0 Å². The summed E-state index contributed by atoms with van der Waals surface area (Å²) in [5.74, 6) is -0.445. The number of hydrogen-bond acceptors (Lipinski definition) is 4. The van der Waals surface area contributed by atoms with Gasteiger partial charge in [-0.3, -0.25) is 4.79 Å². The summed E-state index contributed by atoms with van der Waals surface area (Å²) in [6.07, 6.45) is 0.461. The molecular weight excluding hydrogens is 325 g/mol. The number of halogens is 1. The van der Waals surface area contributed by atoms with Gasteiger partial charge in [0.25, 0.3) is 5.91 Å². The first-order valence-corrected chi connectivity index (χ1v) is 9.59. The van der Waals surface area contributed by atoms with Crippen LogP contribution in [0.2, 0.25) is 0 Å². The maximum atomic E-state index is 13.9. The molecule has 2 aromatic rings. The Balaban J connectivity index is 1.96. The first-order valence-electron chi connectivity index (χ1n) is 6.95. The molecule has 7 heteroatoms. The second-order valence-corrected chi connectivity index (χ2v) is 8.92. The van der Waals surface area contributed by atoms with Crippen molar-refractivity contribution in [3.8, 4) is 0 Å². The van der Waals surface area contributed by atoms with Gasteiger partial charge in [-0.2, -0.15) is 0 Å². The van der Waals surface area contributed by atoms with E-state index in [-0.39, 0.29) is 29.3 Å². The SMILES string of the molecule is Cc1c(C(=O)N(C)[C@H]2CCS(=O)(=O)C2)sc2cccc(F)c12. The molecule has 118 valence electrons. The number of hydrogen-bond donors (Lipinski definition) is 0. The number of rotatable bonds is 2. The van der Waals surface area contributed by atoms with Crippen LogP contribution in [-0.2, 0) is 9.84 Å². The summed E-state index contributed by atoms with van der Waals surface area (Å²) in [4.78, 5) is 14.6. The van der Waals surface area contributed by atoms with Gasteiger partial charge in [0, 0.05) is 23.2 Å². The van der Waals surface area contributed by atoms with Gasteiger partial charge in [0.05, 0.1) is 16.4 Å². The highest BCUT2D eigenvalue weighted by Gasteiger charge is 2.34. The largest absolute Gasteiger partial charge is 0.337 e. The van der Waals surface area contributed by atoms with E-state index in [1.54, 1.807) is 26.1 Å². The zero-order valence-corrected chi connectivity index (χ0v) is 13.9. The van der Waals surface area contributed by atoms with Gasteiger partial charge in [-0.1, -0.05) is 6.07 Å². The molecule has 3 rings (SSSR count). The Hall–Kier alpha value is -1.47. The van der Waals surface area contributed by atoms with E-state index in [4.69, 9.17) is 0 Å². The standard InChI is InChI=1S/C15H16FNO3S2/c1-9-13-11(16)4-3-5-12(13)21-14(9)15(18)17(2)10-6-7-22(19,20)8-10/h3-5,10H,6-8H2,1-2H3/t10-/m0/s1. The third-order valence-electron chi connectivity index (χ3n) is 4.17. The number of fused-ring (bicyclic) bond motifs is 1. The number of sulfone groups is 1. The van der Waals surface area contributed by atoms with Crippen molar-refractivity contribution in [2.45, 2.75) is 19.4 Å². The highest BCUT2D eigenvalue weighted by atomic mass is 32.2. The molecule has 2 heterocycles. The maximum absolute atomic E-state index is 13.9. The topological polar surface area (TPSA) is 54.5 Å². The van der Waals surface area contributed by atoms with Gasteiger partial charge in [-0.25, -0.2) is 12.8 Å². The van der Waals surface area contributed by atoms with E-state index in [1.807, 2.05) is 0 Å². The maximum Gasteiger partial charge on any atom is 0.264 e. The van der Waals surface area contributed by atoms with E-state index in [0.29, 0.717) is 22.2 Å². The van der Waals surface area contributed by atoms with Gasteiger partial charge in [-0.15, -0.1) is 11.3 Å². The lowest BCUT2D eigenvalue weighted by molar-refractivity contribution is 0.0752. The lowest BCUT2D eigenvalue weighted by atomic mass is 10.1. The average molecular weight is 341 g/mol. The van der Waals surface area contributed by atoms with Crippen molar-refractivity contribution in [1.82, 2.24) is 4.90 Å². The second-order valence-electron chi connectivity index (χ2n) is 5.64. The molecule has 1 aromatic heterocycles. The molecule has 0 radical (unpaired) electrons. The Morgan fingerprint density at radius 2 is 2.14 bits per heavy atom. The molecule has 0 bridgehead atoms. The molecule has 0 spiro atoms. The summed E-state index contributed by atoms with van der Waals surface area (Å²) < 4.78 is 37.8. The summed E-state index contributed by atoms with van der Waals surface area (Å²) in [7, 11) is -1.43. The minimum Gasteiger partial charge on any atom is -0.337 e. The van der Waals surface area contributed by atoms with Gasteiger partial charge < -0.3 is 4.90 Å². The van der Waals surface area contributed by atoms with Crippen LogP contribution in [0.5, 0.6) is 0 Å². The first kappa shape index (κ1) is 15.4. The predicted octanol–water partition coefficient (Wildman–Crippen LogP) is 2.61. The zero-order chi connectivity index (χ0) is 16.1. The highest BCUT2D eigenvalue weighted by Crippen LogP contribution is 2.33. The summed E-state index contributed by atoms with van der Waals surface area (Å²) in [5.41, 5.74) is 0.621. The minimum atomic E-state index is -3.05. The molecule has 1 aromatic carbocycles. The predicted molar refractivity (Wildman–Crippen MR) is 85.7 cm³/mol. The van der Waals surface area contributed by atoms with Crippen LogP contribution in [0.4, 0.5) is 4.39 Å². The molecule has 0 aliphatic carbocycles. The van der Waals surface area contributed by atoms with E-state index in [0.717, 1.165) is 4.70 Å². The van der Waals surface area contributed by atoms with Crippen LogP contribution in [0.3, 0.4) is 0 Å². The summed E-state index contributed by atoms with van der Waals surface area (Å²) >= 11 is 1.25. The molecule has 1 amide bonds. The summed E-state index contributed by atoms with van der Waals surface area (Å²) in [6.45, 7) is 1.73. The van der Waals surface area contributed by atoms with Crippen LogP contribution in [0.15, 0.2) is 18.2 Å². The van der Waals surface area contributed by atoms with Gasteiger partial charge >= 0.3 is 0 Å². The molecule has 1 aliphatic rings. The number of thiophene rings is 1. The van der Waals surface area contributed by atoms with Gasteiger partial charge in [0.2, 0.25) is 0 Å². The Bertz CT molecular complexity index is 857. The van der Waals surface area contributed by atoms with E-state index >= 15 is 0 Å². The number of amides is 1. The molecule has 22 heavy (non-hydrogen) atoms. The van der Waals surface area contributed by atoms with Crippen molar-refractivity contribution in [1.29, 1.82) is 0 Å². The third kappa shape index (κ3) is 2.52. The van der Waals surface area contributed by atoms with E-state index in [9.17, 15) is 17.6 Å². The average Bonchev–Trinajstić information content (AvgIpc) is 2.98. The van der Waals surface area contributed by atoms with Crippen LogP contribution in [-0.4, -0.2) is 43.8 Å². The highest BCUT2D eigenvalue weighted by molar-refractivity contribution is 7.91. The fraction of sp³-hybridized carbons (Fsp3) is 0.400. The fourth-order valence-electron chi connectivity index (χ4n) is 2.86. The van der Waals surface area contributed by atoms with Gasteiger partial charge in [-0.05, 0) is 31.0 Å². The smallest absolute Gasteiger partial charge is 0.264 e. The Morgan fingerprint density at radius 1 is 1.41 bits per heavy atom. The van der Waals surface area contributed by atoms with Crippen molar-refractivity contribution in [3.05, 3.63) is 34.5 Å². The van der Waals surface area contributed by atoms with E-state index < -0.39 is 9.84 Å². The number of nitrogens with zero attached hydrogens (tertiary/aromatic N) is 1. The third-order valence-corrected chi connectivity index (χ3v) is 7.17. The molecule has 1 atom stereocenters. The lowest BCUT2D eigenvalue weighted by Gasteiger charge is -2.23. The molecule has 0 N–H and O–H groups in total. The Morgan fingerprint density at radius 3 is 2.73 bits per heavy atom. The lowest BCUT2D eigenvalue weighted by Crippen LogP contribution is -2.37. The van der Waals surface area contributed by atoms with E-state index in [2.05, 4.69) is 0 Å². The molecule has 4 nitrogen and oxygen atoms in total. The molecule has 0 unspecified atom stereocenters. The monoisotopic (exact) mass is 341 g/mol. The second kappa shape index (κ2) is 5.31. The Kier molecular flexibility index (Phi) is 3.72. The van der Waals surface area contributed by atoms with Crippen LogP contribution in [0.25, 0.3) is 10.1 Å². The molecule has 1 fully saturated rings. The number of carbonyl (C=O) groups excluding carboxylic acids is 1. The van der Waals surface area contributed by atoms with Crippen LogP contribution >= 0.6 is 11.3 Å². The van der Waals surface area contributed by atoms with Crippen LogP contribution in [0, 0.1) is 12.7 Å². The summed E-state index contributed by atoms with van der Waals surface area (Å²) in [5, 5.41) is 0.475. The van der Waals surface area contributed by atoms with Gasteiger partial charge in [0.1, 0.15) is 5.82 Å². The molecule has 1 aliphatic heterocycles. The van der Waals surface area contributed by atoms with Crippen molar-refractivity contribution >= 4 is 37.2 Å². The molecular formula is C15H16FNO3S2. The quantitative estimate of drug-likeness (QED) is 0.844. The fourth-order valence-corrected chi connectivity index (χ4v) is 5.84.